The highest BCUT2D eigenvalue weighted by molar-refractivity contribution is 7.99. The summed E-state index contributed by atoms with van der Waals surface area (Å²) in [5.74, 6) is 1.60. The van der Waals surface area contributed by atoms with Crippen LogP contribution in [-0.2, 0) is 0 Å². The molecule has 0 saturated carbocycles. The van der Waals surface area contributed by atoms with Gasteiger partial charge in [0, 0.05) is 16.8 Å². The van der Waals surface area contributed by atoms with Gasteiger partial charge in [-0.1, -0.05) is 11.8 Å². The maximum atomic E-state index is 5.35. The molecule has 0 atom stereocenters. The number of hydrogen-bond donors (Lipinski definition) is 1. The Morgan fingerprint density at radius 2 is 2.20 bits per heavy atom. The van der Waals surface area contributed by atoms with E-state index in [0.29, 0.717) is 5.95 Å². The molecule has 3 aromatic rings. The van der Waals surface area contributed by atoms with E-state index in [4.69, 9.17) is 4.42 Å². The molecule has 0 bridgehead atoms. The molecular weight excluding hydrogens is 290 g/mol. The number of furan rings is 1. The molecule has 0 aliphatic heterocycles. The lowest BCUT2D eigenvalue weighted by Crippen LogP contribution is -2.02. The minimum atomic E-state index is 0.686. The largest absolute Gasteiger partial charge is 0.468 e. The predicted octanol–water partition coefficient (Wildman–Crippen LogP) is 4.48. The second-order valence-corrected chi connectivity index (χ2v) is 6.67. The Morgan fingerprint density at radius 3 is 2.90 bits per heavy atom. The van der Waals surface area contributed by atoms with Gasteiger partial charge in [-0.2, -0.15) is 0 Å². The van der Waals surface area contributed by atoms with E-state index in [0.717, 1.165) is 32.4 Å². The summed E-state index contributed by atoms with van der Waals surface area (Å²) in [5, 5.41) is 5.27. The van der Waals surface area contributed by atoms with Gasteiger partial charge in [0.25, 0.3) is 0 Å². The van der Waals surface area contributed by atoms with E-state index in [9.17, 15) is 0 Å². The van der Waals surface area contributed by atoms with E-state index in [1.807, 2.05) is 19.9 Å². The van der Waals surface area contributed by atoms with Crippen molar-refractivity contribution in [3.8, 4) is 0 Å². The third-order valence-electron chi connectivity index (χ3n) is 2.83. The molecular formula is C14H15N3OS2. The van der Waals surface area contributed by atoms with Crippen molar-refractivity contribution in [1.82, 2.24) is 9.97 Å². The molecule has 0 amide bonds. The average Bonchev–Trinajstić information content (AvgIpc) is 2.96. The molecule has 0 aromatic carbocycles. The van der Waals surface area contributed by atoms with E-state index in [1.165, 1.54) is 4.88 Å². The fraction of sp³-hybridized carbons (Fsp3) is 0.286. The smallest absolute Gasteiger partial charge is 0.225 e. The quantitative estimate of drug-likeness (QED) is 0.720. The van der Waals surface area contributed by atoms with E-state index >= 15 is 0 Å². The van der Waals surface area contributed by atoms with E-state index in [-0.39, 0.29) is 0 Å². The number of fused-ring (bicyclic) bond motifs is 1. The zero-order valence-electron chi connectivity index (χ0n) is 11.6. The van der Waals surface area contributed by atoms with Crippen molar-refractivity contribution in [3.05, 3.63) is 29.0 Å². The first kappa shape index (κ1) is 13.5. The first-order chi connectivity index (χ1) is 9.67. The number of anilines is 1. The van der Waals surface area contributed by atoms with Gasteiger partial charge in [-0.05, 0) is 32.9 Å². The third-order valence-corrected chi connectivity index (χ3v) is 4.93. The van der Waals surface area contributed by atoms with Gasteiger partial charge >= 0.3 is 0 Å². The molecule has 0 fully saturated rings. The molecule has 0 radical (unpaired) electrons. The molecule has 1 N–H and O–H groups in total. The first-order valence-corrected chi connectivity index (χ1v) is 8.04. The normalized spacial score (nSPS) is 11.2. The van der Waals surface area contributed by atoms with Crippen LogP contribution in [0.1, 0.15) is 17.6 Å². The zero-order valence-corrected chi connectivity index (χ0v) is 13.2. The Morgan fingerprint density at radius 1 is 1.35 bits per heavy atom. The highest BCUT2D eigenvalue weighted by Crippen LogP contribution is 2.37. The molecule has 0 saturated heterocycles. The molecule has 3 aromatic heterocycles. The van der Waals surface area contributed by atoms with Gasteiger partial charge < -0.3 is 9.73 Å². The van der Waals surface area contributed by atoms with Gasteiger partial charge in [-0.25, -0.2) is 9.97 Å². The van der Waals surface area contributed by atoms with Gasteiger partial charge in [-0.3, -0.25) is 0 Å². The Balaban J connectivity index is 2.09. The van der Waals surface area contributed by atoms with Crippen molar-refractivity contribution in [2.24, 2.45) is 0 Å². The lowest BCUT2D eigenvalue weighted by molar-refractivity contribution is 0.527. The lowest BCUT2D eigenvalue weighted by Gasteiger charge is -2.05. The van der Waals surface area contributed by atoms with Crippen molar-refractivity contribution in [2.75, 3.05) is 11.9 Å². The summed E-state index contributed by atoms with van der Waals surface area (Å²) in [6, 6.07) is 4.12. The summed E-state index contributed by atoms with van der Waals surface area (Å²) < 4.78 is 5.35. The topological polar surface area (TPSA) is 51.0 Å². The van der Waals surface area contributed by atoms with Crippen LogP contribution in [0, 0.1) is 13.8 Å². The van der Waals surface area contributed by atoms with Crippen molar-refractivity contribution >= 4 is 39.3 Å². The average molecular weight is 305 g/mol. The van der Waals surface area contributed by atoms with E-state index in [2.05, 4.69) is 28.3 Å². The maximum absolute atomic E-state index is 5.35. The van der Waals surface area contributed by atoms with Gasteiger partial charge in [0.1, 0.15) is 15.6 Å². The summed E-state index contributed by atoms with van der Waals surface area (Å²) in [6.07, 6.45) is 1.71. The Hall–Kier alpha value is -1.53. The fourth-order valence-electron chi connectivity index (χ4n) is 1.91. The number of thiophene rings is 1. The summed E-state index contributed by atoms with van der Waals surface area (Å²) in [4.78, 5) is 12.5. The minimum absolute atomic E-state index is 0.686. The van der Waals surface area contributed by atoms with Crippen molar-refractivity contribution in [1.29, 1.82) is 0 Å². The summed E-state index contributed by atoms with van der Waals surface area (Å²) in [6.45, 7) is 6.91. The number of nitrogens with one attached hydrogen (secondary N) is 1. The van der Waals surface area contributed by atoms with Gasteiger partial charge in [0.2, 0.25) is 5.95 Å². The SMILES string of the molecule is CCNc1nc(Sc2ccoc2C)c2cc(C)sc2n1. The summed E-state index contributed by atoms with van der Waals surface area (Å²) >= 11 is 3.32. The van der Waals surface area contributed by atoms with Crippen molar-refractivity contribution < 1.29 is 4.42 Å². The standard InChI is InChI=1S/C14H15N3OS2/c1-4-15-14-16-12-10(7-8(2)19-12)13(17-14)20-11-5-6-18-9(11)3/h5-7H,4H2,1-3H3,(H,15,16,17). The van der Waals surface area contributed by atoms with E-state index in [1.54, 1.807) is 29.4 Å². The van der Waals surface area contributed by atoms with Crippen LogP contribution in [0.15, 0.2) is 32.7 Å². The third kappa shape index (κ3) is 2.53. The van der Waals surface area contributed by atoms with Crippen LogP contribution in [0.5, 0.6) is 0 Å². The van der Waals surface area contributed by atoms with Crippen LogP contribution in [0.4, 0.5) is 5.95 Å². The number of aryl methyl sites for hydroxylation is 2. The molecule has 20 heavy (non-hydrogen) atoms. The van der Waals surface area contributed by atoms with Gasteiger partial charge in [0.05, 0.1) is 11.2 Å². The number of nitrogens with zero attached hydrogens (tertiary/aromatic N) is 2. The highest BCUT2D eigenvalue weighted by atomic mass is 32.2. The number of rotatable bonds is 4. The molecule has 0 unspecified atom stereocenters. The highest BCUT2D eigenvalue weighted by Gasteiger charge is 2.13. The van der Waals surface area contributed by atoms with E-state index < -0.39 is 0 Å². The maximum Gasteiger partial charge on any atom is 0.225 e. The van der Waals surface area contributed by atoms with Crippen LogP contribution < -0.4 is 5.32 Å². The van der Waals surface area contributed by atoms with Crippen LogP contribution in [0.3, 0.4) is 0 Å². The van der Waals surface area contributed by atoms with Gasteiger partial charge in [-0.15, -0.1) is 11.3 Å². The second kappa shape index (κ2) is 5.46. The Kier molecular flexibility index (Phi) is 3.67. The molecule has 6 heteroatoms. The monoisotopic (exact) mass is 305 g/mol. The lowest BCUT2D eigenvalue weighted by atomic mass is 10.4. The molecule has 3 heterocycles. The zero-order chi connectivity index (χ0) is 14.1. The summed E-state index contributed by atoms with van der Waals surface area (Å²) in [5.41, 5.74) is 0. The van der Waals surface area contributed by atoms with Crippen LogP contribution in [-0.4, -0.2) is 16.5 Å². The van der Waals surface area contributed by atoms with Crippen molar-refractivity contribution in [2.45, 2.75) is 30.7 Å². The van der Waals surface area contributed by atoms with Gasteiger partial charge in [0.15, 0.2) is 0 Å². The Bertz CT molecular complexity index is 748. The van der Waals surface area contributed by atoms with Crippen LogP contribution >= 0.6 is 23.1 Å². The second-order valence-electron chi connectivity index (χ2n) is 4.40. The Labute approximate surface area is 125 Å². The fourth-order valence-corrected chi connectivity index (χ4v) is 3.78. The molecule has 104 valence electrons. The molecule has 3 rings (SSSR count). The minimum Gasteiger partial charge on any atom is -0.468 e. The van der Waals surface area contributed by atoms with Crippen molar-refractivity contribution in [3.63, 3.8) is 0 Å². The van der Waals surface area contributed by atoms with Crippen LogP contribution in [0.2, 0.25) is 0 Å². The molecule has 4 nitrogen and oxygen atoms in total. The number of aromatic nitrogens is 2. The summed E-state index contributed by atoms with van der Waals surface area (Å²) in [7, 11) is 0. The molecule has 0 aliphatic carbocycles. The number of hydrogen-bond acceptors (Lipinski definition) is 6. The molecule has 0 aliphatic rings. The first-order valence-electron chi connectivity index (χ1n) is 6.41. The molecule has 0 spiro atoms. The predicted molar refractivity (Wildman–Crippen MR) is 83.9 cm³/mol. The van der Waals surface area contributed by atoms with Crippen LogP contribution in [0.25, 0.3) is 10.2 Å².